The van der Waals surface area contributed by atoms with Crippen LogP contribution in [0, 0.1) is 17.8 Å². The van der Waals surface area contributed by atoms with Crippen molar-refractivity contribution in [1.82, 2.24) is 4.90 Å². The summed E-state index contributed by atoms with van der Waals surface area (Å²) in [5.74, 6) is 1.33. The monoisotopic (exact) mass is 285 g/mol. The van der Waals surface area contributed by atoms with Crippen molar-refractivity contribution < 1.29 is 9.53 Å². The molecule has 2 aliphatic heterocycles. The first kappa shape index (κ1) is 13.3. The molecule has 1 aromatic carbocycles. The molecule has 2 heterocycles. The van der Waals surface area contributed by atoms with Gasteiger partial charge in [0, 0.05) is 25.6 Å². The van der Waals surface area contributed by atoms with Crippen LogP contribution in [0.2, 0.25) is 0 Å². The average molecular weight is 285 g/mol. The maximum absolute atomic E-state index is 12.3. The molecular weight excluding hydrogens is 262 g/mol. The predicted molar refractivity (Wildman–Crippen MR) is 80.5 cm³/mol. The second-order valence-corrected chi connectivity index (χ2v) is 6.87. The lowest BCUT2D eigenvalue weighted by atomic mass is 9.72. The van der Waals surface area contributed by atoms with Crippen molar-refractivity contribution in [2.75, 3.05) is 13.1 Å². The van der Waals surface area contributed by atoms with E-state index < -0.39 is 0 Å². The molecule has 0 aromatic heterocycles. The molecule has 4 atom stereocenters. The molecule has 3 aliphatic rings. The molecule has 21 heavy (non-hydrogen) atoms. The summed E-state index contributed by atoms with van der Waals surface area (Å²) < 4.78 is 5.74. The highest BCUT2D eigenvalue weighted by Gasteiger charge is 2.50. The van der Waals surface area contributed by atoms with Crippen molar-refractivity contribution in [2.45, 2.75) is 38.3 Å². The van der Waals surface area contributed by atoms with Crippen LogP contribution < -0.4 is 0 Å². The SMILES string of the molecule is O=C1OC2CCCCC2C2CN(Cc3ccccc3)CC12. The number of hydrogen-bond donors (Lipinski definition) is 0. The Bertz CT molecular complexity index is 515. The van der Waals surface area contributed by atoms with E-state index in [4.69, 9.17) is 4.74 Å². The normalized spacial score (nSPS) is 35.9. The Morgan fingerprint density at radius 2 is 1.86 bits per heavy atom. The highest BCUT2D eigenvalue weighted by atomic mass is 16.5. The van der Waals surface area contributed by atoms with Crippen LogP contribution in [0.25, 0.3) is 0 Å². The number of benzene rings is 1. The Hall–Kier alpha value is -1.35. The summed E-state index contributed by atoms with van der Waals surface area (Å²) in [7, 11) is 0. The molecule has 0 N–H and O–H groups in total. The molecule has 1 aliphatic carbocycles. The summed E-state index contributed by atoms with van der Waals surface area (Å²) >= 11 is 0. The largest absolute Gasteiger partial charge is 0.462 e. The molecule has 1 aromatic rings. The van der Waals surface area contributed by atoms with Crippen LogP contribution in [0.1, 0.15) is 31.2 Å². The maximum Gasteiger partial charge on any atom is 0.310 e. The Morgan fingerprint density at radius 3 is 2.71 bits per heavy atom. The minimum atomic E-state index is 0.0683. The standard InChI is InChI=1S/C18H23NO2/c20-18-16-12-19(10-13-6-2-1-3-7-13)11-15(16)14-8-4-5-9-17(14)21-18/h1-3,6-7,14-17H,4-5,8-12H2. The lowest BCUT2D eigenvalue weighted by Crippen LogP contribution is -2.46. The molecule has 3 fully saturated rings. The van der Waals surface area contributed by atoms with Crippen molar-refractivity contribution in [1.29, 1.82) is 0 Å². The fourth-order valence-electron chi connectivity index (χ4n) is 4.57. The molecule has 0 amide bonds. The molecule has 2 saturated heterocycles. The number of rotatable bonds is 2. The van der Waals surface area contributed by atoms with Crippen molar-refractivity contribution >= 4 is 5.97 Å². The molecular formula is C18H23NO2. The van der Waals surface area contributed by atoms with Crippen LogP contribution >= 0.6 is 0 Å². The summed E-state index contributed by atoms with van der Waals surface area (Å²) in [6.07, 6.45) is 5.07. The predicted octanol–water partition coefficient (Wildman–Crippen LogP) is 2.85. The van der Waals surface area contributed by atoms with E-state index in [-0.39, 0.29) is 18.0 Å². The van der Waals surface area contributed by atoms with Gasteiger partial charge in [-0.05, 0) is 30.7 Å². The number of fused-ring (bicyclic) bond motifs is 3. The van der Waals surface area contributed by atoms with Crippen LogP contribution in [0.4, 0.5) is 0 Å². The van der Waals surface area contributed by atoms with Crippen LogP contribution in [-0.4, -0.2) is 30.1 Å². The molecule has 3 heteroatoms. The van der Waals surface area contributed by atoms with E-state index in [0.29, 0.717) is 11.8 Å². The zero-order chi connectivity index (χ0) is 14.2. The molecule has 0 bridgehead atoms. The third kappa shape index (κ3) is 2.48. The van der Waals surface area contributed by atoms with Gasteiger partial charge in [0.25, 0.3) is 0 Å². The van der Waals surface area contributed by atoms with Crippen LogP contribution in [0.15, 0.2) is 30.3 Å². The molecule has 4 rings (SSSR count). The number of carbonyl (C=O) groups is 1. The fourth-order valence-corrected chi connectivity index (χ4v) is 4.57. The highest BCUT2D eigenvalue weighted by molar-refractivity contribution is 5.74. The van der Waals surface area contributed by atoms with E-state index in [1.807, 2.05) is 0 Å². The van der Waals surface area contributed by atoms with E-state index in [1.54, 1.807) is 0 Å². The third-order valence-corrected chi connectivity index (χ3v) is 5.56. The topological polar surface area (TPSA) is 29.5 Å². The number of esters is 1. The van der Waals surface area contributed by atoms with Crippen molar-refractivity contribution in [3.05, 3.63) is 35.9 Å². The minimum absolute atomic E-state index is 0.0683. The highest BCUT2D eigenvalue weighted by Crippen LogP contribution is 2.44. The molecule has 3 nitrogen and oxygen atoms in total. The minimum Gasteiger partial charge on any atom is -0.462 e. The Labute approximate surface area is 126 Å². The molecule has 0 spiro atoms. The number of ether oxygens (including phenoxy) is 1. The summed E-state index contributed by atoms with van der Waals surface area (Å²) in [5, 5.41) is 0. The Balaban J connectivity index is 1.49. The number of likely N-dealkylation sites (tertiary alicyclic amines) is 1. The van der Waals surface area contributed by atoms with Gasteiger partial charge in [0.1, 0.15) is 6.10 Å². The second-order valence-electron chi connectivity index (χ2n) is 6.87. The zero-order valence-electron chi connectivity index (χ0n) is 12.4. The summed E-state index contributed by atoms with van der Waals surface area (Å²) in [6, 6.07) is 10.6. The fraction of sp³-hybridized carbons (Fsp3) is 0.611. The first-order valence-corrected chi connectivity index (χ1v) is 8.28. The quantitative estimate of drug-likeness (QED) is 0.783. The van der Waals surface area contributed by atoms with Crippen molar-refractivity contribution in [2.24, 2.45) is 17.8 Å². The zero-order valence-corrected chi connectivity index (χ0v) is 12.4. The number of hydrogen-bond acceptors (Lipinski definition) is 3. The van der Waals surface area contributed by atoms with Crippen LogP contribution in [-0.2, 0) is 16.1 Å². The molecule has 0 radical (unpaired) electrons. The third-order valence-electron chi connectivity index (χ3n) is 5.56. The first-order valence-electron chi connectivity index (χ1n) is 8.28. The van der Waals surface area contributed by atoms with Gasteiger partial charge in [-0.25, -0.2) is 0 Å². The smallest absolute Gasteiger partial charge is 0.310 e. The van der Waals surface area contributed by atoms with Gasteiger partial charge in [-0.2, -0.15) is 0 Å². The van der Waals surface area contributed by atoms with E-state index in [0.717, 1.165) is 26.1 Å². The maximum atomic E-state index is 12.3. The molecule has 1 saturated carbocycles. The van der Waals surface area contributed by atoms with Crippen molar-refractivity contribution in [3.63, 3.8) is 0 Å². The van der Waals surface area contributed by atoms with Gasteiger partial charge in [0.05, 0.1) is 5.92 Å². The van der Waals surface area contributed by atoms with E-state index >= 15 is 0 Å². The van der Waals surface area contributed by atoms with Gasteiger partial charge in [-0.15, -0.1) is 0 Å². The number of carbonyl (C=O) groups excluding carboxylic acids is 1. The van der Waals surface area contributed by atoms with Gasteiger partial charge < -0.3 is 4.74 Å². The Kier molecular flexibility index (Phi) is 3.46. The van der Waals surface area contributed by atoms with Gasteiger partial charge in [-0.1, -0.05) is 36.8 Å². The summed E-state index contributed by atoms with van der Waals surface area (Å²) in [5.41, 5.74) is 1.34. The first-order chi connectivity index (χ1) is 10.3. The molecule has 4 unspecified atom stereocenters. The van der Waals surface area contributed by atoms with Gasteiger partial charge in [0.15, 0.2) is 0 Å². The second kappa shape index (κ2) is 5.45. The van der Waals surface area contributed by atoms with Gasteiger partial charge in [-0.3, -0.25) is 9.69 Å². The summed E-state index contributed by atoms with van der Waals surface area (Å²) in [6.45, 7) is 2.90. The summed E-state index contributed by atoms with van der Waals surface area (Å²) in [4.78, 5) is 14.7. The van der Waals surface area contributed by atoms with Crippen LogP contribution in [0.5, 0.6) is 0 Å². The lowest BCUT2D eigenvalue weighted by molar-refractivity contribution is -0.172. The van der Waals surface area contributed by atoms with Crippen molar-refractivity contribution in [3.8, 4) is 0 Å². The molecule has 112 valence electrons. The number of nitrogens with zero attached hydrogens (tertiary/aromatic N) is 1. The van der Waals surface area contributed by atoms with E-state index in [9.17, 15) is 4.79 Å². The lowest BCUT2D eigenvalue weighted by Gasteiger charge is -2.41. The van der Waals surface area contributed by atoms with E-state index in [1.165, 1.54) is 24.8 Å². The average Bonchev–Trinajstić information content (AvgIpc) is 2.93. The van der Waals surface area contributed by atoms with Gasteiger partial charge >= 0.3 is 5.97 Å². The van der Waals surface area contributed by atoms with E-state index in [2.05, 4.69) is 35.2 Å². The van der Waals surface area contributed by atoms with Gasteiger partial charge in [0.2, 0.25) is 0 Å². The Morgan fingerprint density at radius 1 is 1.05 bits per heavy atom. The van der Waals surface area contributed by atoms with Crippen LogP contribution in [0.3, 0.4) is 0 Å².